The van der Waals surface area contributed by atoms with E-state index in [4.69, 9.17) is 9.72 Å². The molecule has 5 nitrogen and oxygen atoms in total. The van der Waals surface area contributed by atoms with E-state index in [-0.39, 0.29) is 37.7 Å². The molecule has 0 spiro atoms. The first-order valence-corrected chi connectivity index (χ1v) is 25.2. The molecule has 0 fully saturated rings. The van der Waals surface area contributed by atoms with Crippen LogP contribution in [0.2, 0.25) is 0 Å². The van der Waals surface area contributed by atoms with Gasteiger partial charge in [-0.1, -0.05) is 187 Å². The minimum atomic E-state index is -0.271. The summed E-state index contributed by atoms with van der Waals surface area (Å²) in [7, 11) is 0. The summed E-state index contributed by atoms with van der Waals surface area (Å²) in [5.74, 6) is 1.62. The number of hydrogen-bond acceptors (Lipinski definition) is 4. The van der Waals surface area contributed by atoms with Crippen molar-refractivity contribution in [2.24, 2.45) is 0 Å². The van der Waals surface area contributed by atoms with Crippen LogP contribution < -0.4 is 14.5 Å². The number of fused-ring (bicyclic) bond motifs is 4. The first kappa shape index (κ1) is 49.2. The molecule has 12 rings (SSSR count). The van der Waals surface area contributed by atoms with Crippen LogP contribution in [-0.2, 0) is 31.9 Å². The van der Waals surface area contributed by atoms with E-state index in [1.807, 2.05) is 24.4 Å². The molecular formula is C68H54FN4OPt-3. The van der Waals surface area contributed by atoms with Crippen LogP contribution in [0.25, 0.3) is 72.1 Å². The molecule has 11 aromatic rings. The maximum absolute atomic E-state index is 14.5. The molecule has 7 heteroatoms. The Kier molecular flexibility index (Phi) is 12.9. The first-order chi connectivity index (χ1) is 35.9. The number of halogens is 1. The summed E-state index contributed by atoms with van der Waals surface area (Å²) < 4.78 is 23.8. The van der Waals surface area contributed by atoms with Crippen LogP contribution in [0.3, 0.4) is 0 Å². The normalized spacial score (nSPS) is 12.5. The minimum absolute atomic E-state index is 0. The van der Waals surface area contributed by atoms with Crippen molar-refractivity contribution < 1.29 is 30.2 Å². The second kappa shape index (κ2) is 19.7. The van der Waals surface area contributed by atoms with Gasteiger partial charge < -0.3 is 19.1 Å². The molecular weight excluding hydrogens is 1100 g/mol. The van der Waals surface area contributed by atoms with Gasteiger partial charge in [-0.25, -0.2) is 9.37 Å². The van der Waals surface area contributed by atoms with Gasteiger partial charge in [0.05, 0.1) is 0 Å². The van der Waals surface area contributed by atoms with Gasteiger partial charge in [0.1, 0.15) is 11.6 Å². The third-order valence-corrected chi connectivity index (χ3v) is 14.1. The molecule has 0 atom stereocenters. The molecule has 0 saturated heterocycles. The number of anilines is 4. The summed E-state index contributed by atoms with van der Waals surface area (Å²) in [5, 5.41) is 2.16. The molecule has 9 aromatic carbocycles. The van der Waals surface area contributed by atoms with Gasteiger partial charge in [-0.3, -0.25) is 0 Å². The summed E-state index contributed by atoms with van der Waals surface area (Å²) in [6.45, 7) is 15.6. The van der Waals surface area contributed by atoms with Crippen molar-refractivity contribution in [2.45, 2.75) is 52.4 Å². The van der Waals surface area contributed by atoms with Crippen molar-refractivity contribution in [3.63, 3.8) is 0 Å². The number of rotatable bonds is 9. The zero-order valence-electron chi connectivity index (χ0n) is 42.7. The van der Waals surface area contributed by atoms with Gasteiger partial charge in [-0.15, -0.1) is 53.6 Å². The van der Waals surface area contributed by atoms with Crippen molar-refractivity contribution in [1.29, 1.82) is 0 Å². The van der Waals surface area contributed by atoms with E-state index < -0.39 is 0 Å². The van der Waals surface area contributed by atoms with Crippen LogP contribution in [0.1, 0.15) is 52.7 Å². The van der Waals surface area contributed by atoms with Gasteiger partial charge in [0, 0.05) is 66.9 Å². The fourth-order valence-electron chi connectivity index (χ4n) is 10.5. The second-order valence-electron chi connectivity index (χ2n) is 21.1. The van der Waals surface area contributed by atoms with Gasteiger partial charge in [-0.05, 0) is 103 Å². The standard InChI is InChI=1S/C68H54FN4O.Pt/c1-67(2,3)49-37-38-70-64(41-49)73-60-28-14-13-23-57(60)58-36-35-52(43-63(58)73)74-53-40-48(65-54(45-19-9-7-10-20-45)24-17-25-55(65)46-21-11-8-12-22-46)39-51(42-53)71-44-72(62-30-16-15-29-61(62)71)66-56(47-31-33-50(69)34-32-47)26-18-27-59(66)68(4,5)6;/h7-41,44H,1-6H3;/q-3;. The molecule has 0 bridgehead atoms. The van der Waals surface area contributed by atoms with E-state index in [2.05, 4.69) is 251 Å². The predicted octanol–water partition coefficient (Wildman–Crippen LogP) is 18.4. The molecule has 0 unspecified atom stereocenters. The largest absolute Gasteiger partial charge is 0.509 e. The number of para-hydroxylation sites is 4. The predicted molar refractivity (Wildman–Crippen MR) is 303 cm³/mol. The number of ether oxygens (including phenoxy) is 1. The second-order valence-corrected chi connectivity index (χ2v) is 21.1. The number of hydrogen-bond donors (Lipinski definition) is 0. The Hall–Kier alpha value is -8.05. The van der Waals surface area contributed by atoms with Crippen molar-refractivity contribution in [3.8, 4) is 61.8 Å². The summed E-state index contributed by atoms with van der Waals surface area (Å²) in [6, 6.07) is 78.1. The molecule has 2 aromatic heterocycles. The third kappa shape index (κ3) is 9.23. The number of benzene rings is 9. The average molecular weight is 1160 g/mol. The summed E-state index contributed by atoms with van der Waals surface area (Å²) in [6.07, 6.45) is 1.90. The van der Waals surface area contributed by atoms with E-state index in [0.29, 0.717) is 11.5 Å². The number of aromatic nitrogens is 2. The van der Waals surface area contributed by atoms with Gasteiger partial charge in [0.25, 0.3) is 0 Å². The van der Waals surface area contributed by atoms with Gasteiger partial charge in [0.2, 0.25) is 0 Å². The SMILES string of the molecule is CC(C)(C)c1ccnc(-n2c3[c-]c(Oc4[c-]c(N5[CH-]N(c6c(-c7ccc(F)cc7)cccc6C(C)(C)C)c6ccccc65)cc(-c5c(-c6ccccc6)cccc5-c5ccccc5)c4)ccc3c3ccccc32)c1.[Pt]. The van der Waals surface area contributed by atoms with Crippen LogP contribution in [0.5, 0.6) is 11.5 Å². The van der Waals surface area contributed by atoms with Crippen molar-refractivity contribution in [2.75, 3.05) is 9.80 Å². The zero-order chi connectivity index (χ0) is 50.7. The van der Waals surface area contributed by atoms with Crippen molar-refractivity contribution in [3.05, 3.63) is 248 Å². The van der Waals surface area contributed by atoms with E-state index in [0.717, 1.165) is 100 Å². The Labute approximate surface area is 453 Å². The summed E-state index contributed by atoms with van der Waals surface area (Å²) in [5.41, 5.74) is 16.1. The van der Waals surface area contributed by atoms with E-state index >= 15 is 0 Å². The van der Waals surface area contributed by atoms with Crippen LogP contribution in [0.15, 0.2) is 212 Å². The summed E-state index contributed by atoms with van der Waals surface area (Å²) >= 11 is 0. The maximum atomic E-state index is 14.5. The third-order valence-electron chi connectivity index (χ3n) is 14.1. The van der Waals surface area contributed by atoms with Gasteiger partial charge in [-0.2, -0.15) is 6.07 Å². The molecule has 0 saturated carbocycles. The Morgan fingerprint density at radius 3 is 1.80 bits per heavy atom. The van der Waals surface area contributed by atoms with Crippen LogP contribution >= 0.6 is 0 Å². The molecule has 0 N–H and O–H groups in total. The molecule has 1 aliphatic heterocycles. The van der Waals surface area contributed by atoms with E-state index in [9.17, 15) is 4.39 Å². The van der Waals surface area contributed by atoms with Gasteiger partial charge >= 0.3 is 0 Å². The van der Waals surface area contributed by atoms with E-state index in [1.54, 1.807) is 0 Å². The Balaban J connectivity index is 0.00000602. The molecule has 0 radical (unpaired) electrons. The Bertz CT molecular complexity index is 3830. The fourth-order valence-corrected chi connectivity index (χ4v) is 10.5. The zero-order valence-corrected chi connectivity index (χ0v) is 44.9. The number of nitrogens with zero attached hydrogens (tertiary/aromatic N) is 4. The quantitative estimate of drug-likeness (QED) is 0.135. The summed E-state index contributed by atoms with van der Waals surface area (Å²) in [4.78, 5) is 9.43. The molecule has 372 valence electrons. The van der Waals surface area contributed by atoms with Crippen LogP contribution in [0, 0.1) is 24.6 Å². The van der Waals surface area contributed by atoms with E-state index in [1.165, 1.54) is 17.7 Å². The fraction of sp³-hybridized carbons (Fsp3) is 0.118. The topological polar surface area (TPSA) is 33.5 Å². The molecule has 75 heavy (non-hydrogen) atoms. The van der Waals surface area contributed by atoms with Crippen LogP contribution in [-0.4, -0.2) is 9.55 Å². The first-order valence-electron chi connectivity index (χ1n) is 25.2. The van der Waals surface area contributed by atoms with Crippen molar-refractivity contribution >= 4 is 44.6 Å². The molecule has 1 aliphatic rings. The molecule has 0 aliphatic carbocycles. The Morgan fingerprint density at radius 2 is 1.12 bits per heavy atom. The number of pyridine rings is 1. The molecule has 0 amide bonds. The van der Waals surface area contributed by atoms with Crippen molar-refractivity contribution in [1.82, 2.24) is 9.55 Å². The maximum Gasteiger partial charge on any atom is 0.135 e. The van der Waals surface area contributed by atoms with Gasteiger partial charge in [0.15, 0.2) is 0 Å². The molecule has 3 heterocycles. The minimum Gasteiger partial charge on any atom is -0.509 e. The average Bonchev–Trinajstić information content (AvgIpc) is 3.97. The smallest absolute Gasteiger partial charge is 0.135 e. The monoisotopic (exact) mass is 1160 g/mol. The van der Waals surface area contributed by atoms with Crippen LogP contribution in [0.4, 0.5) is 27.1 Å². The Morgan fingerprint density at radius 1 is 0.507 bits per heavy atom.